The van der Waals surface area contributed by atoms with Gasteiger partial charge in [0, 0.05) is 6.54 Å². The Morgan fingerprint density at radius 2 is 1.65 bits per heavy atom. The molecule has 0 unspecified atom stereocenters. The number of hydrogen-bond acceptors (Lipinski definition) is 2. The summed E-state index contributed by atoms with van der Waals surface area (Å²) in [6.45, 7) is 0.326. The van der Waals surface area contributed by atoms with Crippen molar-refractivity contribution in [3.8, 4) is 0 Å². The van der Waals surface area contributed by atoms with E-state index in [9.17, 15) is 8.42 Å². The van der Waals surface area contributed by atoms with Crippen LogP contribution in [-0.2, 0) is 16.4 Å². The first kappa shape index (κ1) is 15.3. The van der Waals surface area contributed by atoms with Crippen LogP contribution in [0.25, 0.3) is 0 Å². The Bertz CT molecular complexity index is 688. The van der Waals surface area contributed by atoms with Crippen LogP contribution in [0.4, 0.5) is 0 Å². The highest BCUT2D eigenvalue weighted by atomic mass is 35.5. The molecule has 0 spiro atoms. The van der Waals surface area contributed by atoms with Crippen LogP contribution in [0.1, 0.15) is 5.56 Å². The van der Waals surface area contributed by atoms with E-state index in [1.807, 2.05) is 30.3 Å². The maximum atomic E-state index is 12.1. The van der Waals surface area contributed by atoms with Crippen LogP contribution in [0.15, 0.2) is 53.4 Å². The molecule has 1 N–H and O–H groups in total. The molecule has 0 saturated carbocycles. The van der Waals surface area contributed by atoms with Crippen molar-refractivity contribution in [2.24, 2.45) is 0 Å². The van der Waals surface area contributed by atoms with Gasteiger partial charge in [-0.15, -0.1) is 0 Å². The molecule has 0 aliphatic carbocycles. The van der Waals surface area contributed by atoms with E-state index >= 15 is 0 Å². The second-order valence-corrected chi connectivity index (χ2v) is 6.79. The van der Waals surface area contributed by atoms with Crippen molar-refractivity contribution in [2.75, 3.05) is 6.54 Å². The Morgan fingerprint density at radius 1 is 0.950 bits per heavy atom. The molecule has 106 valence electrons. The van der Waals surface area contributed by atoms with Gasteiger partial charge in [-0.3, -0.25) is 0 Å². The maximum Gasteiger partial charge on any atom is 0.240 e. The predicted molar refractivity (Wildman–Crippen MR) is 81.8 cm³/mol. The monoisotopic (exact) mass is 329 g/mol. The van der Waals surface area contributed by atoms with Gasteiger partial charge in [0.1, 0.15) is 0 Å². The molecule has 0 bridgehead atoms. The molecule has 2 aromatic rings. The van der Waals surface area contributed by atoms with E-state index in [1.165, 1.54) is 18.2 Å². The third-order valence-electron chi connectivity index (χ3n) is 2.75. The van der Waals surface area contributed by atoms with Gasteiger partial charge in [0.05, 0.1) is 14.9 Å². The summed E-state index contributed by atoms with van der Waals surface area (Å²) in [6.07, 6.45) is 0.626. The quantitative estimate of drug-likeness (QED) is 0.912. The largest absolute Gasteiger partial charge is 0.240 e. The zero-order valence-corrected chi connectivity index (χ0v) is 12.8. The van der Waals surface area contributed by atoms with E-state index in [1.54, 1.807) is 0 Å². The molecule has 6 heteroatoms. The summed E-state index contributed by atoms with van der Waals surface area (Å²) in [5.74, 6) is 0. The normalized spacial score (nSPS) is 11.5. The average Bonchev–Trinajstić information content (AvgIpc) is 2.43. The topological polar surface area (TPSA) is 46.2 Å². The lowest BCUT2D eigenvalue weighted by Gasteiger charge is -2.07. The molecule has 0 saturated heterocycles. The van der Waals surface area contributed by atoms with Crippen LogP contribution in [0.3, 0.4) is 0 Å². The van der Waals surface area contributed by atoms with Gasteiger partial charge in [0.15, 0.2) is 0 Å². The molecule has 0 aliphatic rings. The van der Waals surface area contributed by atoms with E-state index in [4.69, 9.17) is 23.2 Å². The summed E-state index contributed by atoms with van der Waals surface area (Å²) < 4.78 is 26.7. The number of nitrogens with one attached hydrogen (secondary N) is 1. The lowest BCUT2D eigenvalue weighted by Crippen LogP contribution is -2.26. The molecule has 0 aromatic heterocycles. The molecule has 0 fully saturated rings. The van der Waals surface area contributed by atoms with Gasteiger partial charge in [-0.25, -0.2) is 13.1 Å². The van der Waals surface area contributed by atoms with Gasteiger partial charge in [0.25, 0.3) is 0 Å². The van der Waals surface area contributed by atoms with Crippen molar-refractivity contribution in [1.29, 1.82) is 0 Å². The lowest BCUT2D eigenvalue weighted by molar-refractivity contribution is 0.581. The Hall–Kier alpha value is -1.07. The Morgan fingerprint density at radius 3 is 2.30 bits per heavy atom. The summed E-state index contributed by atoms with van der Waals surface area (Å²) in [5.41, 5.74) is 1.07. The minimum absolute atomic E-state index is 0.111. The second kappa shape index (κ2) is 6.59. The number of halogens is 2. The van der Waals surface area contributed by atoms with Crippen LogP contribution in [0, 0.1) is 0 Å². The summed E-state index contributed by atoms with van der Waals surface area (Å²) in [4.78, 5) is 0.111. The molecule has 2 aromatic carbocycles. The molecular formula is C14H13Cl2NO2S. The zero-order valence-electron chi connectivity index (χ0n) is 10.5. The van der Waals surface area contributed by atoms with Crippen molar-refractivity contribution in [2.45, 2.75) is 11.3 Å². The predicted octanol–water partition coefficient (Wildman–Crippen LogP) is 3.51. The van der Waals surface area contributed by atoms with Crippen LogP contribution >= 0.6 is 23.2 Å². The number of benzene rings is 2. The smallest absolute Gasteiger partial charge is 0.211 e. The van der Waals surface area contributed by atoms with E-state index in [0.717, 1.165) is 5.56 Å². The minimum Gasteiger partial charge on any atom is -0.211 e. The highest BCUT2D eigenvalue weighted by molar-refractivity contribution is 7.89. The first-order valence-corrected chi connectivity index (χ1v) is 8.21. The first-order chi connectivity index (χ1) is 9.49. The lowest BCUT2D eigenvalue weighted by atomic mass is 10.2. The summed E-state index contributed by atoms with van der Waals surface area (Å²) in [7, 11) is -3.56. The Balaban J connectivity index is 2.02. The SMILES string of the molecule is O=S(=O)(NCCc1ccccc1)c1ccc(Cl)c(Cl)c1. The highest BCUT2D eigenvalue weighted by Crippen LogP contribution is 2.24. The van der Waals surface area contributed by atoms with Crippen LogP contribution in [-0.4, -0.2) is 15.0 Å². The van der Waals surface area contributed by atoms with E-state index in [0.29, 0.717) is 18.0 Å². The van der Waals surface area contributed by atoms with Crippen molar-refractivity contribution in [3.05, 3.63) is 64.1 Å². The van der Waals surface area contributed by atoms with Gasteiger partial charge < -0.3 is 0 Å². The molecule has 0 radical (unpaired) electrons. The van der Waals surface area contributed by atoms with Gasteiger partial charge in [-0.05, 0) is 30.2 Å². The number of sulfonamides is 1. The summed E-state index contributed by atoms with van der Waals surface area (Å²) in [6, 6.07) is 13.9. The molecule has 0 heterocycles. The number of hydrogen-bond donors (Lipinski definition) is 1. The molecule has 0 aliphatic heterocycles. The molecule has 2 rings (SSSR count). The van der Waals surface area contributed by atoms with E-state index in [-0.39, 0.29) is 9.92 Å². The number of rotatable bonds is 5. The second-order valence-electron chi connectivity index (χ2n) is 4.21. The van der Waals surface area contributed by atoms with Crippen molar-refractivity contribution in [1.82, 2.24) is 4.72 Å². The van der Waals surface area contributed by atoms with E-state index in [2.05, 4.69) is 4.72 Å². The fourth-order valence-corrected chi connectivity index (χ4v) is 3.12. The third-order valence-corrected chi connectivity index (χ3v) is 4.95. The average molecular weight is 330 g/mol. The van der Waals surface area contributed by atoms with E-state index < -0.39 is 10.0 Å². The maximum absolute atomic E-state index is 12.1. The fraction of sp³-hybridized carbons (Fsp3) is 0.143. The van der Waals surface area contributed by atoms with Gasteiger partial charge >= 0.3 is 0 Å². The molecule has 0 amide bonds. The Kier molecular flexibility index (Phi) is 5.05. The molecule has 3 nitrogen and oxygen atoms in total. The molecular weight excluding hydrogens is 317 g/mol. The minimum atomic E-state index is -3.56. The van der Waals surface area contributed by atoms with Crippen LogP contribution in [0.2, 0.25) is 10.0 Å². The van der Waals surface area contributed by atoms with Crippen LogP contribution in [0.5, 0.6) is 0 Å². The zero-order chi connectivity index (χ0) is 14.6. The van der Waals surface area contributed by atoms with Crippen LogP contribution < -0.4 is 4.72 Å². The standard InChI is InChI=1S/C14H13Cl2NO2S/c15-13-7-6-12(10-14(13)16)20(18,19)17-9-8-11-4-2-1-3-5-11/h1-7,10,17H,8-9H2. The first-order valence-electron chi connectivity index (χ1n) is 5.98. The summed E-state index contributed by atoms with van der Waals surface area (Å²) >= 11 is 11.6. The molecule has 0 atom stereocenters. The third kappa shape index (κ3) is 3.96. The highest BCUT2D eigenvalue weighted by Gasteiger charge is 2.14. The Labute approximate surface area is 128 Å². The van der Waals surface area contributed by atoms with Gasteiger partial charge in [-0.2, -0.15) is 0 Å². The fourth-order valence-electron chi connectivity index (χ4n) is 1.70. The van der Waals surface area contributed by atoms with Gasteiger partial charge in [0.2, 0.25) is 10.0 Å². The summed E-state index contributed by atoms with van der Waals surface area (Å²) in [5, 5.41) is 0.549. The van der Waals surface area contributed by atoms with Gasteiger partial charge in [-0.1, -0.05) is 53.5 Å². The van der Waals surface area contributed by atoms with Crippen molar-refractivity contribution >= 4 is 33.2 Å². The van der Waals surface area contributed by atoms with Crippen molar-refractivity contribution < 1.29 is 8.42 Å². The molecule has 20 heavy (non-hydrogen) atoms. The van der Waals surface area contributed by atoms with Crippen molar-refractivity contribution in [3.63, 3.8) is 0 Å².